The number of nitrogens with two attached hydrogens (primary N) is 1. The molecule has 126 valence electrons. The lowest BCUT2D eigenvalue weighted by atomic mass is 10.1. The molecule has 0 aliphatic carbocycles. The van der Waals surface area contributed by atoms with Crippen molar-refractivity contribution in [2.24, 2.45) is 15.9 Å². The van der Waals surface area contributed by atoms with Gasteiger partial charge in [-0.3, -0.25) is 0 Å². The van der Waals surface area contributed by atoms with E-state index in [1.54, 1.807) is 6.07 Å². The number of hydrogen-bond acceptors (Lipinski definition) is 3. The highest BCUT2D eigenvalue weighted by molar-refractivity contribution is 8.13. The first-order valence-electron chi connectivity index (χ1n) is 7.07. The van der Waals surface area contributed by atoms with Crippen LogP contribution in [0.1, 0.15) is 22.3 Å². The van der Waals surface area contributed by atoms with Gasteiger partial charge in [-0.1, -0.05) is 54.2 Å². The number of hydrogen-bond donors (Lipinski definition) is 1. The molecule has 0 spiro atoms. The Kier molecular flexibility index (Phi) is 6.03. The van der Waals surface area contributed by atoms with Gasteiger partial charge in [-0.2, -0.15) is 18.3 Å². The summed E-state index contributed by atoms with van der Waals surface area (Å²) in [6, 6.07) is 13.7. The van der Waals surface area contributed by atoms with E-state index in [1.165, 1.54) is 31.0 Å². The van der Waals surface area contributed by atoms with Gasteiger partial charge in [-0.05, 0) is 29.7 Å². The molecule has 0 unspecified atom stereocenters. The van der Waals surface area contributed by atoms with Crippen molar-refractivity contribution >= 4 is 23.1 Å². The molecular formula is C17H16F3N3S. The quantitative estimate of drug-likeness (QED) is 0.497. The van der Waals surface area contributed by atoms with Crippen LogP contribution in [0, 0.1) is 6.92 Å². The van der Waals surface area contributed by atoms with Crippen molar-refractivity contribution in [3.8, 4) is 0 Å². The van der Waals surface area contributed by atoms with Crippen LogP contribution in [-0.4, -0.2) is 11.4 Å². The largest absolute Gasteiger partial charge is 0.416 e. The number of aryl methyl sites for hydroxylation is 1. The standard InChI is InChI=1S/C17H16F3N3S/c1-12-7-8-14(9-15(12)17(18,19)20)10-22-23-16(21)24-11-13-5-3-2-4-6-13/h2-10H,11H2,1H3,(H2,21,23). The lowest BCUT2D eigenvalue weighted by molar-refractivity contribution is -0.138. The fraction of sp³-hybridized carbons (Fsp3) is 0.176. The predicted octanol–water partition coefficient (Wildman–Crippen LogP) is 4.60. The molecule has 0 bridgehead atoms. The summed E-state index contributed by atoms with van der Waals surface area (Å²) in [6.07, 6.45) is -3.13. The van der Waals surface area contributed by atoms with Crippen LogP contribution in [0.3, 0.4) is 0 Å². The molecule has 0 saturated carbocycles. The number of rotatable bonds is 4. The Labute approximate surface area is 142 Å². The lowest BCUT2D eigenvalue weighted by Gasteiger charge is -2.10. The van der Waals surface area contributed by atoms with Crippen LogP contribution in [0.5, 0.6) is 0 Å². The van der Waals surface area contributed by atoms with Crippen molar-refractivity contribution in [2.75, 3.05) is 0 Å². The first-order chi connectivity index (χ1) is 11.4. The molecule has 0 radical (unpaired) electrons. The van der Waals surface area contributed by atoms with Gasteiger partial charge in [0.1, 0.15) is 0 Å². The van der Waals surface area contributed by atoms with E-state index in [0.29, 0.717) is 11.3 Å². The SMILES string of the molecule is Cc1ccc(C=NN=C(N)SCc2ccccc2)cc1C(F)(F)F. The molecule has 24 heavy (non-hydrogen) atoms. The monoisotopic (exact) mass is 351 g/mol. The van der Waals surface area contributed by atoms with Crippen molar-refractivity contribution in [2.45, 2.75) is 18.9 Å². The van der Waals surface area contributed by atoms with Crippen LogP contribution >= 0.6 is 11.8 Å². The van der Waals surface area contributed by atoms with E-state index in [1.807, 2.05) is 30.3 Å². The van der Waals surface area contributed by atoms with Crippen LogP contribution in [0.2, 0.25) is 0 Å². The highest BCUT2D eigenvalue weighted by Gasteiger charge is 2.32. The van der Waals surface area contributed by atoms with E-state index < -0.39 is 11.7 Å². The summed E-state index contributed by atoms with van der Waals surface area (Å²) in [7, 11) is 0. The summed E-state index contributed by atoms with van der Waals surface area (Å²) in [4.78, 5) is 0. The Morgan fingerprint density at radius 3 is 2.54 bits per heavy atom. The molecule has 0 atom stereocenters. The second-order valence-electron chi connectivity index (χ2n) is 5.03. The van der Waals surface area contributed by atoms with Crippen molar-refractivity contribution in [3.05, 3.63) is 70.8 Å². The third-order valence-corrected chi connectivity index (χ3v) is 4.01. The Hall–Kier alpha value is -2.28. The summed E-state index contributed by atoms with van der Waals surface area (Å²) in [5, 5.41) is 7.80. The van der Waals surface area contributed by atoms with E-state index in [4.69, 9.17) is 5.73 Å². The zero-order chi connectivity index (χ0) is 17.6. The number of amidine groups is 1. The van der Waals surface area contributed by atoms with Gasteiger partial charge in [0, 0.05) is 5.75 Å². The van der Waals surface area contributed by atoms with Gasteiger partial charge in [0.2, 0.25) is 0 Å². The van der Waals surface area contributed by atoms with E-state index in [2.05, 4.69) is 10.2 Å². The highest BCUT2D eigenvalue weighted by atomic mass is 32.2. The van der Waals surface area contributed by atoms with Gasteiger partial charge in [0.25, 0.3) is 0 Å². The van der Waals surface area contributed by atoms with Gasteiger partial charge in [0.15, 0.2) is 5.17 Å². The second kappa shape index (κ2) is 8.01. The third kappa shape index (κ3) is 5.42. The summed E-state index contributed by atoms with van der Waals surface area (Å²) < 4.78 is 38.5. The Bertz CT molecular complexity index is 740. The second-order valence-corrected chi connectivity index (χ2v) is 6.02. The number of alkyl halides is 3. The zero-order valence-electron chi connectivity index (χ0n) is 12.9. The molecule has 2 rings (SSSR count). The normalized spacial score (nSPS) is 12.8. The average Bonchev–Trinajstić information content (AvgIpc) is 2.54. The van der Waals surface area contributed by atoms with Crippen LogP contribution in [0.4, 0.5) is 13.2 Å². The summed E-state index contributed by atoms with van der Waals surface area (Å²) in [5.41, 5.74) is 6.63. The van der Waals surface area contributed by atoms with Crippen molar-refractivity contribution < 1.29 is 13.2 Å². The van der Waals surface area contributed by atoms with Gasteiger partial charge in [-0.25, -0.2) is 0 Å². The van der Waals surface area contributed by atoms with Gasteiger partial charge < -0.3 is 5.73 Å². The topological polar surface area (TPSA) is 50.7 Å². The van der Waals surface area contributed by atoms with E-state index in [9.17, 15) is 13.2 Å². The number of thioether (sulfide) groups is 1. The Morgan fingerprint density at radius 1 is 1.17 bits per heavy atom. The van der Waals surface area contributed by atoms with Crippen LogP contribution in [0.25, 0.3) is 0 Å². The van der Waals surface area contributed by atoms with Gasteiger partial charge >= 0.3 is 6.18 Å². The molecule has 2 aromatic rings. The molecule has 0 heterocycles. The summed E-state index contributed by atoms with van der Waals surface area (Å²) >= 11 is 1.31. The van der Waals surface area contributed by atoms with Crippen LogP contribution < -0.4 is 5.73 Å². The number of benzene rings is 2. The summed E-state index contributed by atoms with van der Waals surface area (Å²) in [6.45, 7) is 1.42. The van der Waals surface area contributed by atoms with Crippen LogP contribution in [-0.2, 0) is 11.9 Å². The number of halogens is 3. The molecular weight excluding hydrogens is 335 g/mol. The molecule has 7 heteroatoms. The molecule has 0 fully saturated rings. The van der Waals surface area contributed by atoms with Gasteiger partial charge in [-0.15, -0.1) is 5.10 Å². The maximum atomic E-state index is 12.8. The maximum absolute atomic E-state index is 12.8. The third-order valence-electron chi connectivity index (χ3n) is 3.16. The zero-order valence-corrected chi connectivity index (χ0v) is 13.7. The minimum atomic E-state index is -4.39. The van der Waals surface area contributed by atoms with Crippen molar-refractivity contribution in [1.29, 1.82) is 0 Å². The minimum absolute atomic E-state index is 0.168. The molecule has 0 aromatic heterocycles. The first-order valence-corrected chi connectivity index (χ1v) is 8.06. The minimum Gasteiger partial charge on any atom is -0.377 e. The molecule has 0 aliphatic rings. The fourth-order valence-electron chi connectivity index (χ4n) is 1.94. The predicted molar refractivity (Wildman–Crippen MR) is 93.1 cm³/mol. The van der Waals surface area contributed by atoms with Gasteiger partial charge in [0.05, 0.1) is 11.8 Å². The van der Waals surface area contributed by atoms with Crippen LogP contribution in [0.15, 0.2) is 58.7 Å². The molecule has 0 amide bonds. The first kappa shape index (κ1) is 18.1. The molecule has 0 saturated heterocycles. The smallest absolute Gasteiger partial charge is 0.377 e. The fourth-order valence-corrected chi connectivity index (χ4v) is 2.55. The van der Waals surface area contributed by atoms with E-state index in [0.717, 1.165) is 11.6 Å². The number of nitrogens with zero attached hydrogens (tertiary/aromatic N) is 2. The average molecular weight is 351 g/mol. The lowest BCUT2D eigenvalue weighted by Crippen LogP contribution is -2.08. The van der Waals surface area contributed by atoms with Crippen molar-refractivity contribution in [3.63, 3.8) is 0 Å². The molecule has 0 aliphatic heterocycles. The Morgan fingerprint density at radius 2 is 1.88 bits per heavy atom. The highest BCUT2D eigenvalue weighted by Crippen LogP contribution is 2.32. The molecule has 3 nitrogen and oxygen atoms in total. The van der Waals surface area contributed by atoms with E-state index >= 15 is 0 Å². The maximum Gasteiger partial charge on any atom is 0.416 e. The van der Waals surface area contributed by atoms with E-state index in [-0.39, 0.29) is 10.7 Å². The van der Waals surface area contributed by atoms with Crippen molar-refractivity contribution in [1.82, 2.24) is 0 Å². The molecule has 2 N–H and O–H groups in total. The Balaban J connectivity index is 2.00. The molecule has 2 aromatic carbocycles. The summed E-state index contributed by atoms with van der Waals surface area (Å²) in [5.74, 6) is 0.647.